The van der Waals surface area contributed by atoms with E-state index >= 15 is 0 Å². The summed E-state index contributed by atoms with van der Waals surface area (Å²) in [5.74, 6) is 0. The Labute approximate surface area is 126 Å². The summed E-state index contributed by atoms with van der Waals surface area (Å²) in [5.41, 5.74) is 4.67. The highest BCUT2D eigenvalue weighted by Crippen LogP contribution is 2.37. The first kappa shape index (κ1) is 13.9. The summed E-state index contributed by atoms with van der Waals surface area (Å²) < 4.78 is 6.30. The first-order valence-electron chi connectivity index (χ1n) is 7.57. The lowest BCUT2D eigenvalue weighted by Gasteiger charge is -2.18. The molecule has 1 heteroatoms. The van der Waals surface area contributed by atoms with Crippen LogP contribution in [0.25, 0.3) is 21.9 Å². The van der Waals surface area contributed by atoms with E-state index < -0.39 is 0 Å². The minimum Gasteiger partial charge on any atom is -0.455 e. The quantitative estimate of drug-likeness (QED) is 0.524. The number of hydrogen-bond acceptors (Lipinski definition) is 1. The van der Waals surface area contributed by atoms with Gasteiger partial charge in [0.15, 0.2) is 0 Å². The third-order valence-electron chi connectivity index (χ3n) is 3.99. The summed E-state index contributed by atoms with van der Waals surface area (Å²) in [5, 5.41) is 2.44. The molecule has 21 heavy (non-hydrogen) atoms. The van der Waals surface area contributed by atoms with Gasteiger partial charge in [0.1, 0.15) is 11.2 Å². The van der Waals surface area contributed by atoms with Crippen molar-refractivity contribution in [2.24, 2.45) is 0 Å². The molecule has 0 aliphatic carbocycles. The Hall–Kier alpha value is -2.02. The largest absolute Gasteiger partial charge is 0.455 e. The molecule has 3 aromatic rings. The first-order chi connectivity index (χ1) is 10.0. The minimum absolute atomic E-state index is 0.0802. The van der Waals surface area contributed by atoms with Crippen molar-refractivity contribution in [1.29, 1.82) is 0 Å². The molecule has 1 heterocycles. The second-order valence-electron chi connectivity index (χ2n) is 6.60. The lowest BCUT2D eigenvalue weighted by Crippen LogP contribution is -2.10. The first-order valence-corrected chi connectivity index (χ1v) is 7.57. The minimum atomic E-state index is 0.0802. The van der Waals surface area contributed by atoms with Crippen molar-refractivity contribution < 1.29 is 4.42 Å². The van der Waals surface area contributed by atoms with Crippen LogP contribution in [0.4, 0.5) is 0 Å². The second-order valence-corrected chi connectivity index (χ2v) is 6.60. The van der Waals surface area contributed by atoms with Crippen LogP contribution in [-0.4, -0.2) is 0 Å². The zero-order valence-electron chi connectivity index (χ0n) is 13.2. The van der Waals surface area contributed by atoms with Crippen LogP contribution >= 0.6 is 0 Å². The van der Waals surface area contributed by atoms with E-state index in [0.29, 0.717) is 0 Å². The number of fused-ring (bicyclic) bond motifs is 3. The fourth-order valence-electron chi connectivity index (χ4n) is 2.87. The average Bonchev–Trinajstić information content (AvgIpc) is 2.83. The fourth-order valence-corrected chi connectivity index (χ4v) is 2.87. The van der Waals surface area contributed by atoms with Crippen LogP contribution in [0.5, 0.6) is 0 Å². The van der Waals surface area contributed by atoms with Crippen molar-refractivity contribution in [3.05, 3.63) is 59.7 Å². The summed E-state index contributed by atoms with van der Waals surface area (Å²) in [6.07, 6.45) is 5.17. The number of allylic oxidation sites excluding steroid dienone is 2. The molecule has 108 valence electrons. The zero-order valence-corrected chi connectivity index (χ0v) is 13.2. The normalized spacial score (nSPS) is 12.8. The maximum absolute atomic E-state index is 6.30. The summed E-state index contributed by atoms with van der Waals surface area (Å²) in [6, 6.07) is 12.9. The van der Waals surface area contributed by atoms with E-state index in [1.54, 1.807) is 0 Å². The molecule has 0 saturated carbocycles. The van der Waals surface area contributed by atoms with Crippen molar-refractivity contribution in [2.45, 2.75) is 39.5 Å². The Balaban J connectivity index is 2.34. The van der Waals surface area contributed by atoms with Crippen molar-refractivity contribution in [2.75, 3.05) is 0 Å². The van der Waals surface area contributed by atoms with Crippen LogP contribution in [-0.2, 0) is 11.8 Å². The van der Waals surface area contributed by atoms with Crippen molar-refractivity contribution in [3.8, 4) is 0 Å². The van der Waals surface area contributed by atoms with E-state index in [1.807, 2.05) is 0 Å². The Bertz CT molecular complexity index is 813. The van der Waals surface area contributed by atoms with E-state index in [1.165, 1.54) is 21.9 Å². The van der Waals surface area contributed by atoms with Gasteiger partial charge in [-0.2, -0.15) is 0 Å². The van der Waals surface area contributed by atoms with Gasteiger partial charge in [0.2, 0.25) is 0 Å². The molecule has 0 unspecified atom stereocenters. The standard InChI is InChI=1S/C20H22O/c1-5-6-9-14-10-7-11-15-16-12-8-13-17(20(2,3)4)19(16)21-18(14)15/h5-8,10-13H,9H2,1-4H3/b6-5-. The van der Waals surface area contributed by atoms with Crippen molar-refractivity contribution in [3.63, 3.8) is 0 Å². The molecular formula is C20H22O. The summed E-state index contributed by atoms with van der Waals surface area (Å²) in [4.78, 5) is 0. The monoisotopic (exact) mass is 278 g/mol. The van der Waals surface area contributed by atoms with E-state index in [-0.39, 0.29) is 5.41 Å². The molecule has 0 N–H and O–H groups in total. The molecule has 0 aliphatic heterocycles. The van der Waals surface area contributed by atoms with Crippen LogP contribution < -0.4 is 0 Å². The number of hydrogen-bond donors (Lipinski definition) is 0. The van der Waals surface area contributed by atoms with E-state index in [4.69, 9.17) is 4.42 Å². The van der Waals surface area contributed by atoms with E-state index in [2.05, 4.69) is 76.2 Å². The van der Waals surface area contributed by atoms with Crippen LogP contribution in [0.3, 0.4) is 0 Å². The molecule has 0 fully saturated rings. The Kier molecular flexibility index (Phi) is 3.36. The fraction of sp³-hybridized carbons (Fsp3) is 0.300. The molecule has 0 aliphatic rings. The van der Waals surface area contributed by atoms with Gasteiger partial charge in [-0.1, -0.05) is 69.3 Å². The van der Waals surface area contributed by atoms with Gasteiger partial charge in [0.05, 0.1) is 0 Å². The highest BCUT2D eigenvalue weighted by Gasteiger charge is 2.20. The van der Waals surface area contributed by atoms with Crippen molar-refractivity contribution in [1.82, 2.24) is 0 Å². The molecule has 0 atom stereocenters. The van der Waals surface area contributed by atoms with Crippen LogP contribution in [0, 0.1) is 0 Å². The summed E-state index contributed by atoms with van der Waals surface area (Å²) in [7, 11) is 0. The Morgan fingerprint density at radius 2 is 1.62 bits per heavy atom. The highest BCUT2D eigenvalue weighted by atomic mass is 16.3. The highest BCUT2D eigenvalue weighted by molar-refractivity contribution is 6.07. The molecule has 0 bridgehead atoms. The topological polar surface area (TPSA) is 13.1 Å². The predicted molar refractivity (Wildman–Crippen MR) is 90.9 cm³/mol. The van der Waals surface area contributed by atoms with Crippen LogP contribution in [0.1, 0.15) is 38.8 Å². The van der Waals surface area contributed by atoms with Gasteiger partial charge in [-0.3, -0.25) is 0 Å². The molecular weight excluding hydrogens is 256 g/mol. The zero-order chi connectivity index (χ0) is 15.0. The number of furan rings is 1. The maximum atomic E-state index is 6.30. The van der Waals surface area contributed by atoms with Gasteiger partial charge >= 0.3 is 0 Å². The summed E-state index contributed by atoms with van der Waals surface area (Å²) in [6.45, 7) is 8.75. The third kappa shape index (κ3) is 2.37. The molecule has 0 radical (unpaired) electrons. The number of benzene rings is 2. The van der Waals surface area contributed by atoms with Gasteiger partial charge in [0.25, 0.3) is 0 Å². The predicted octanol–water partition coefficient (Wildman–Crippen LogP) is 6.00. The van der Waals surface area contributed by atoms with Gasteiger partial charge in [-0.25, -0.2) is 0 Å². The molecule has 0 amide bonds. The Morgan fingerprint density at radius 1 is 0.952 bits per heavy atom. The van der Waals surface area contributed by atoms with Gasteiger partial charge in [-0.05, 0) is 24.3 Å². The third-order valence-corrected chi connectivity index (χ3v) is 3.99. The lowest BCUT2D eigenvalue weighted by molar-refractivity contribution is 0.572. The molecule has 2 aromatic carbocycles. The van der Waals surface area contributed by atoms with Gasteiger partial charge in [0, 0.05) is 16.3 Å². The van der Waals surface area contributed by atoms with Gasteiger partial charge in [-0.15, -0.1) is 0 Å². The Morgan fingerprint density at radius 3 is 2.29 bits per heavy atom. The average molecular weight is 278 g/mol. The van der Waals surface area contributed by atoms with Gasteiger partial charge < -0.3 is 4.42 Å². The lowest BCUT2D eigenvalue weighted by atomic mass is 9.86. The van der Waals surface area contributed by atoms with E-state index in [0.717, 1.165) is 17.6 Å². The molecule has 0 saturated heterocycles. The summed E-state index contributed by atoms with van der Waals surface area (Å²) >= 11 is 0. The number of para-hydroxylation sites is 2. The SMILES string of the molecule is C/C=C\Cc1cccc2c1oc1c(C(C)(C)C)cccc12. The molecule has 1 aromatic heterocycles. The molecule has 3 rings (SSSR count). The van der Waals surface area contributed by atoms with Crippen molar-refractivity contribution >= 4 is 21.9 Å². The van der Waals surface area contributed by atoms with E-state index in [9.17, 15) is 0 Å². The maximum Gasteiger partial charge on any atom is 0.139 e. The van der Waals surface area contributed by atoms with Crippen LogP contribution in [0.2, 0.25) is 0 Å². The number of rotatable bonds is 2. The molecule has 0 spiro atoms. The molecule has 1 nitrogen and oxygen atoms in total. The van der Waals surface area contributed by atoms with Crippen LogP contribution in [0.15, 0.2) is 53.0 Å². The second kappa shape index (κ2) is 5.07. The smallest absolute Gasteiger partial charge is 0.139 e.